The van der Waals surface area contributed by atoms with Gasteiger partial charge in [0.2, 0.25) is 5.82 Å². The minimum atomic E-state index is -0.375. The molecule has 0 saturated heterocycles. The molecule has 0 radical (unpaired) electrons. The number of carbonyl (C=O) groups excluding carboxylic acids is 1. The second-order valence-corrected chi connectivity index (χ2v) is 4.20. The van der Waals surface area contributed by atoms with Crippen molar-refractivity contribution in [2.75, 3.05) is 5.32 Å². The summed E-state index contributed by atoms with van der Waals surface area (Å²) in [7, 11) is 0. The molecule has 1 amide bonds. The fourth-order valence-electron chi connectivity index (χ4n) is 1.09. The van der Waals surface area contributed by atoms with Gasteiger partial charge in [-0.15, -0.1) is 0 Å². The molecule has 0 unspecified atom stereocenters. The molecule has 2 rings (SSSR count). The zero-order valence-electron chi connectivity index (χ0n) is 7.87. The number of nitrogens with zero attached hydrogens (tertiary/aromatic N) is 2. The van der Waals surface area contributed by atoms with Crippen LogP contribution in [-0.4, -0.2) is 21.1 Å². The Hall–Kier alpha value is -1.40. The van der Waals surface area contributed by atoms with Crippen LogP contribution in [0.25, 0.3) is 0 Å². The number of aromatic amines is 1. The first-order valence-corrected chi connectivity index (χ1v) is 5.45. The molecule has 1 aromatic heterocycles. The molecule has 0 aliphatic carbocycles. The predicted molar refractivity (Wildman–Crippen MR) is 63.5 cm³/mol. The van der Waals surface area contributed by atoms with Crippen molar-refractivity contribution in [3.63, 3.8) is 0 Å². The van der Waals surface area contributed by atoms with Crippen molar-refractivity contribution >= 4 is 39.1 Å². The number of aromatic nitrogens is 3. The summed E-state index contributed by atoms with van der Waals surface area (Å²) in [6.45, 7) is 0. The summed E-state index contributed by atoms with van der Waals surface area (Å²) in [5.74, 6) is -0.229. The van der Waals surface area contributed by atoms with Gasteiger partial charge in [0.15, 0.2) is 0 Å². The SMILES string of the molecule is O=C(Nc1cc(Cl)ccc1Br)c1ncn[nH]1. The van der Waals surface area contributed by atoms with Crippen LogP contribution in [0.1, 0.15) is 10.6 Å². The van der Waals surface area contributed by atoms with E-state index in [1.807, 2.05) is 0 Å². The van der Waals surface area contributed by atoms with E-state index < -0.39 is 0 Å². The van der Waals surface area contributed by atoms with Gasteiger partial charge in [-0.05, 0) is 34.1 Å². The van der Waals surface area contributed by atoms with Crippen LogP contribution >= 0.6 is 27.5 Å². The zero-order chi connectivity index (χ0) is 11.5. The van der Waals surface area contributed by atoms with E-state index in [1.165, 1.54) is 6.33 Å². The van der Waals surface area contributed by atoms with Crippen LogP contribution in [-0.2, 0) is 0 Å². The highest BCUT2D eigenvalue weighted by atomic mass is 79.9. The topological polar surface area (TPSA) is 70.7 Å². The molecule has 82 valence electrons. The van der Waals surface area contributed by atoms with Gasteiger partial charge in [-0.25, -0.2) is 4.98 Å². The number of carbonyl (C=O) groups is 1. The minimum Gasteiger partial charge on any atom is -0.318 e. The van der Waals surface area contributed by atoms with E-state index in [-0.39, 0.29) is 11.7 Å². The van der Waals surface area contributed by atoms with Gasteiger partial charge in [0, 0.05) is 9.50 Å². The van der Waals surface area contributed by atoms with Crippen molar-refractivity contribution in [3.8, 4) is 0 Å². The van der Waals surface area contributed by atoms with Crippen LogP contribution in [0.5, 0.6) is 0 Å². The first-order valence-electron chi connectivity index (χ1n) is 4.28. The maximum absolute atomic E-state index is 11.6. The van der Waals surface area contributed by atoms with Gasteiger partial charge in [-0.1, -0.05) is 11.6 Å². The highest BCUT2D eigenvalue weighted by molar-refractivity contribution is 9.10. The van der Waals surface area contributed by atoms with Crippen LogP contribution in [0.3, 0.4) is 0 Å². The van der Waals surface area contributed by atoms with Gasteiger partial charge >= 0.3 is 0 Å². The third kappa shape index (κ3) is 2.40. The van der Waals surface area contributed by atoms with E-state index in [0.29, 0.717) is 10.7 Å². The van der Waals surface area contributed by atoms with Crippen LogP contribution in [0.15, 0.2) is 29.0 Å². The number of benzene rings is 1. The van der Waals surface area contributed by atoms with Gasteiger partial charge < -0.3 is 5.32 Å². The Morgan fingerprint density at radius 1 is 1.50 bits per heavy atom. The Bertz CT molecular complexity index is 514. The molecule has 0 bridgehead atoms. The molecule has 0 aliphatic rings. The first-order chi connectivity index (χ1) is 7.66. The number of amides is 1. The summed E-state index contributed by atoms with van der Waals surface area (Å²) in [6.07, 6.45) is 1.27. The first kappa shape index (κ1) is 11.1. The molecular weight excluding hydrogens is 295 g/mol. The fraction of sp³-hybridized carbons (Fsp3) is 0. The monoisotopic (exact) mass is 300 g/mol. The smallest absolute Gasteiger partial charge is 0.293 e. The average Bonchev–Trinajstić information content (AvgIpc) is 2.76. The van der Waals surface area contributed by atoms with Crippen molar-refractivity contribution in [2.24, 2.45) is 0 Å². The minimum absolute atomic E-state index is 0.145. The number of hydrogen-bond donors (Lipinski definition) is 2. The van der Waals surface area contributed by atoms with E-state index in [9.17, 15) is 4.79 Å². The molecule has 1 heterocycles. The van der Waals surface area contributed by atoms with Crippen molar-refractivity contribution in [1.82, 2.24) is 15.2 Å². The molecule has 2 aromatic rings. The average molecular weight is 302 g/mol. The van der Waals surface area contributed by atoms with Crippen molar-refractivity contribution in [1.29, 1.82) is 0 Å². The molecule has 0 aliphatic heterocycles. The molecule has 0 atom stereocenters. The molecule has 0 fully saturated rings. The van der Waals surface area contributed by atoms with Gasteiger partial charge in [-0.3, -0.25) is 9.89 Å². The van der Waals surface area contributed by atoms with Crippen LogP contribution in [0.2, 0.25) is 5.02 Å². The molecule has 5 nitrogen and oxygen atoms in total. The van der Waals surface area contributed by atoms with Gasteiger partial charge in [-0.2, -0.15) is 5.10 Å². The summed E-state index contributed by atoms with van der Waals surface area (Å²) in [5.41, 5.74) is 0.578. The number of nitrogens with one attached hydrogen (secondary N) is 2. The number of rotatable bonds is 2. The number of H-pyrrole nitrogens is 1. The molecule has 0 spiro atoms. The van der Waals surface area contributed by atoms with Gasteiger partial charge in [0.05, 0.1) is 5.69 Å². The summed E-state index contributed by atoms with van der Waals surface area (Å²) >= 11 is 9.12. The summed E-state index contributed by atoms with van der Waals surface area (Å²) in [4.78, 5) is 15.4. The lowest BCUT2D eigenvalue weighted by atomic mass is 10.3. The molecule has 16 heavy (non-hydrogen) atoms. The van der Waals surface area contributed by atoms with Gasteiger partial charge in [0.1, 0.15) is 6.33 Å². The Labute approximate surface area is 104 Å². The van der Waals surface area contributed by atoms with Crippen molar-refractivity contribution in [3.05, 3.63) is 39.8 Å². The van der Waals surface area contributed by atoms with Crippen molar-refractivity contribution in [2.45, 2.75) is 0 Å². The van der Waals surface area contributed by atoms with E-state index >= 15 is 0 Å². The zero-order valence-corrected chi connectivity index (χ0v) is 10.2. The number of hydrogen-bond acceptors (Lipinski definition) is 3. The Morgan fingerprint density at radius 3 is 3.00 bits per heavy atom. The lowest BCUT2D eigenvalue weighted by molar-refractivity contribution is 0.101. The largest absolute Gasteiger partial charge is 0.318 e. The second-order valence-electron chi connectivity index (χ2n) is 2.91. The maximum atomic E-state index is 11.6. The molecule has 0 saturated carbocycles. The predicted octanol–water partition coefficient (Wildman–Crippen LogP) is 2.47. The third-order valence-electron chi connectivity index (χ3n) is 1.81. The third-order valence-corrected chi connectivity index (χ3v) is 2.73. The second kappa shape index (κ2) is 4.63. The van der Waals surface area contributed by atoms with Crippen molar-refractivity contribution < 1.29 is 4.79 Å². The van der Waals surface area contributed by atoms with E-state index in [4.69, 9.17) is 11.6 Å². The quantitative estimate of drug-likeness (QED) is 0.895. The van der Waals surface area contributed by atoms with Crippen LogP contribution in [0.4, 0.5) is 5.69 Å². The van der Waals surface area contributed by atoms with E-state index in [0.717, 1.165) is 4.47 Å². The molecule has 2 N–H and O–H groups in total. The molecule has 1 aromatic carbocycles. The summed E-state index contributed by atoms with van der Waals surface area (Å²) < 4.78 is 0.741. The number of anilines is 1. The fourth-order valence-corrected chi connectivity index (χ4v) is 1.61. The summed E-state index contributed by atoms with van der Waals surface area (Å²) in [6, 6.07) is 5.11. The van der Waals surface area contributed by atoms with Crippen LogP contribution in [0, 0.1) is 0 Å². The van der Waals surface area contributed by atoms with E-state index in [1.54, 1.807) is 18.2 Å². The Balaban J connectivity index is 2.21. The number of halogens is 2. The normalized spacial score (nSPS) is 10.1. The summed E-state index contributed by atoms with van der Waals surface area (Å²) in [5, 5.41) is 9.25. The standard InChI is InChI=1S/C9H6BrClN4O/c10-6-2-1-5(11)3-7(6)14-9(16)8-12-4-13-15-8/h1-4H,(H,14,16)(H,12,13,15). The lowest BCUT2D eigenvalue weighted by Crippen LogP contribution is -2.14. The Morgan fingerprint density at radius 2 is 2.31 bits per heavy atom. The Kier molecular flexibility index (Phi) is 3.21. The van der Waals surface area contributed by atoms with E-state index in [2.05, 4.69) is 36.4 Å². The van der Waals surface area contributed by atoms with Gasteiger partial charge in [0.25, 0.3) is 5.91 Å². The maximum Gasteiger partial charge on any atom is 0.293 e. The lowest BCUT2D eigenvalue weighted by Gasteiger charge is -2.05. The molecular formula is C9H6BrClN4O. The highest BCUT2D eigenvalue weighted by Crippen LogP contribution is 2.25. The van der Waals surface area contributed by atoms with Crippen LogP contribution < -0.4 is 5.32 Å². The highest BCUT2D eigenvalue weighted by Gasteiger charge is 2.10. The molecule has 7 heteroatoms.